The van der Waals surface area contributed by atoms with E-state index in [1.807, 2.05) is 22.7 Å². The van der Waals surface area contributed by atoms with Crippen LogP contribution in [0, 0.1) is 11.7 Å². The number of aromatic nitrogens is 2. The molecule has 0 radical (unpaired) electrons. The fraction of sp³-hybridized carbons (Fsp3) is 0.222. The van der Waals surface area contributed by atoms with E-state index in [2.05, 4.69) is 10.3 Å². The molecule has 122 valence electrons. The number of fused-ring (bicyclic) bond motifs is 1. The van der Waals surface area contributed by atoms with Crippen LogP contribution in [0.5, 0.6) is 0 Å². The molecule has 1 fully saturated rings. The Morgan fingerprint density at radius 2 is 2.12 bits per heavy atom. The summed E-state index contributed by atoms with van der Waals surface area (Å²) < 4.78 is 15.1. The Bertz CT molecular complexity index is 931. The molecule has 4 rings (SSSR count). The predicted octanol–water partition coefficient (Wildman–Crippen LogP) is 2.98. The second-order valence-corrected chi connectivity index (χ2v) is 6.03. The molecule has 3 aromatic rings. The molecule has 2 heterocycles. The Balaban J connectivity index is 1.69. The average Bonchev–Trinajstić information content (AvgIpc) is 3.35. The molecule has 1 amide bonds. The van der Waals surface area contributed by atoms with E-state index in [4.69, 9.17) is 0 Å². The summed E-state index contributed by atoms with van der Waals surface area (Å²) in [4.78, 5) is 16.2. The Morgan fingerprint density at radius 3 is 2.88 bits per heavy atom. The van der Waals surface area contributed by atoms with E-state index in [0.717, 1.165) is 24.0 Å². The van der Waals surface area contributed by atoms with Crippen LogP contribution >= 0.6 is 0 Å². The molecule has 6 heteroatoms. The summed E-state index contributed by atoms with van der Waals surface area (Å²) in [5.74, 6) is 0.276. The molecular weight excluding hydrogens is 309 g/mol. The Labute approximate surface area is 137 Å². The Morgan fingerprint density at radius 1 is 1.29 bits per heavy atom. The lowest BCUT2D eigenvalue weighted by molar-refractivity contribution is -0.117. The molecule has 0 spiro atoms. The lowest BCUT2D eigenvalue weighted by atomic mass is 10.0. The number of anilines is 1. The summed E-state index contributed by atoms with van der Waals surface area (Å²) in [6.45, 7) is -0.238. The molecule has 0 bridgehead atoms. The zero-order valence-corrected chi connectivity index (χ0v) is 12.9. The molecule has 1 aliphatic rings. The van der Waals surface area contributed by atoms with E-state index in [-0.39, 0.29) is 24.2 Å². The first-order valence-electron chi connectivity index (χ1n) is 7.83. The molecule has 0 atom stereocenters. The van der Waals surface area contributed by atoms with Gasteiger partial charge < -0.3 is 14.8 Å². The third kappa shape index (κ3) is 2.76. The maximum atomic E-state index is 13.3. The molecular formula is C18H16FN3O2. The van der Waals surface area contributed by atoms with Crippen molar-refractivity contribution in [1.82, 2.24) is 9.38 Å². The normalized spacial score (nSPS) is 14.1. The maximum Gasteiger partial charge on any atom is 0.228 e. The Kier molecular flexibility index (Phi) is 3.54. The van der Waals surface area contributed by atoms with Gasteiger partial charge in [-0.25, -0.2) is 9.37 Å². The van der Waals surface area contributed by atoms with Gasteiger partial charge in [0.2, 0.25) is 5.91 Å². The molecule has 0 unspecified atom stereocenters. The molecule has 1 aromatic carbocycles. The first-order chi connectivity index (χ1) is 11.6. The molecule has 5 nitrogen and oxygen atoms in total. The minimum absolute atomic E-state index is 0.0136. The van der Waals surface area contributed by atoms with Gasteiger partial charge in [-0.3, -0.25) is 4.79 Å². The fourth-order valence-electron chi connectivity index (χ4n) is 2.76. The van der Waals surface area contributed by atoms with Gasteiger partial charge in [0.1, 0.15) is 11.5 Å². The van der Waals surface area contributed by atoms with Crippen LogP contribution in [-0.4, -0.2) is 20.4 Å². The SMILES string of the molecule is O=C(Nc1cn2cc(-c3ccc(F)cc3CO)ccc2n1)C1CC1. The molecule has 2 aromatic heterocycles. The van der Waals surface area contributed by atoms with Crippen LogP contribution in [0.4, 0.5) is 10.2 Å². The second kappa shape index (κ2) is 5.72. The van der Waals surface area contributed by atoms with E-state index < -0.39 is 0 Å². The van der Waals surface area contributed by atoms with Gasteiger partial charge in [-0.2, -0.15) is 0 Å². The van der Waals surface area contributed by atoms with Crippen molar-refractivity contribution in [1.29, 1.82) is 0 Å². The number of carbonyl (C=O) groups is 1. The highest BCUT2D eigenvalue weighted by Gasteiger charge is 2.29. The maximum absolute atomic E-state index is 13.3. The van der Waals surface area contributed by atoms with Crippen LogP contribution < -0.4 is 5.32 Å². The predicted molar refractivity (Wildman–Crippen MR) is 87.9 cm³/mol. The number of pyridine rings is 1. The van der Waals surface area contributed by atoms with Crippen molar-refractivity contribution < 1.29 is 14.3 Å². The van der Waals surface area contributed by atoms with Crippen LogP contribution in [0.15, 0.2) is 42.7 Å². The van der Waals surface area contributed by atoms with Crippen molar-refractivity contribution in [2.24, 2.45) is 5.92 Å². The lowest BCUT2D eigenvalue weighted by Gasteiger charge is -2.08. The molecule has 0 aliphatic heterocycles. The number of imidazole rings is 1. The summed E-state index contributed by atoms with van der Waals surface area (Å²) in [7, 11) is 0. The Hall–Kier alpha value is -2.73. The van der Waals surface area contributed by atoms with Crippen molar-refractivity contribution in [2.45, 2.75) is 19.4 Å². The van der Waals surface area contributed by atoms with E-state index in [1.54, 1.807) is 12.3 Å². The number of hydrogen-bond acceptors (Lipinski definition) is 3. The van der Waals surface area contributed by atoms with Gasteiger partial charge in [0, 0.05) is 12.1 Å². The quantitative estimate of drug-likeness (QED) is 0.775. The van der Waals surface area contributed by atoms with Crippen LogP contribution in [-0.2, 0) is 11.4 Å². The van der Waals surface area contributed by atoms with E-state index >= 15 is 0 Å². The molecule has 1 saturated carbocycles. The minimum atomic E-state index is -0.378. The molecule has 0 saturated heterocycles. The topological polar surface area (TPSA) is 66.6 Å². The highest BCUT2D eigenvalue weighted by Crippen LogP contribution is 2.30. The second-order valence-electron chi connectivity index (χ2n) is 6.03. The summed E-state index contributed by atoms with van der Waals surface area (Å²) in [5, 5.41) is 12.3. The zero-order chi connectivity index (χ0) is 16.7. The van der Waals surface area contributed by atoms with Crippen LogP contribution in [0.2, 0.25) is 0 Å². The number of hydrogen-bond donors (Lipinski definition) is 2. The first kappa shape index (κ1) is 14.8. The van der Waals surface area contributed by atoms with Crippen molar-refractivity contribution in [3.63, 3.8) is 0 Å². The summed E-state index contributed by atoms with van der Waals surface area (Å²) in [6, 6.07) is 8.03. The molecule has 2 N–H and O–H groups in total. The number of nitrogens with zero attached hydrogens (tertiary/aromatic N) is 2. The summed E-state index contributed by atoms with van der Waals surface area (Å²) >= 11 is 0. The lowest BCUT2D eigenvalue weighted by Crippen LogP contribution is -2.13. The number of aliphatic hydroxyl groups excluding tert-OH is 1. The summed E-state index contributed by atoms with van der Waals surface area (Å²) in [5.41, 5.74) is 2.83. The smallest absolute Gasteiger partial charge is 0.228 e. The monoisotopic (exact) mass is 325 g/mol. The van der Waals surface area contributed by atoms with E-state index in [9.17, 15) is 14.3 Å². The largest absolute Gasteiger partial charge is 0.392 e. The first-order valence-corrected chi connectivity index (χ1v) is 7.83. The van der Waals surface area contributed by atoms with Gasteiger partial charge in [0.15, 0.2) is 5.82 Å². The standard InChI is InChI=1S/C18H16FN3O2/c19-14-4-5-15(13(7-14)10-23)12-3-6-17-20-16(9-22(17)8-12)21-18(24)11-1-2-11/h3-9,11,23H,1-2,10H2,(H,21,24). The van der Waals surface area contributed by atoms with Gasteiger partial charge in [-0.1, -0.05) is 6.07 Å². The van der Waals surface area contributed by atoms with Crippen LogP contribution in [0.25, 0.3) is 16.8 Å². The highest BCUT2D eigenvalue weighted by atomic mass is 19.1. The third-order valence-corrected chi connectivity index (χ3v) is 4.20. The van der Waals surface area contributed by atoms with E-state index in [1.165, 1.54) is 12.1 Å². The number of benzene rings is 1. The zero-order valence-electron chi connectivity index (χ0n) is 12.9. The highest BCUT2D eigenvalue weighted by molar-refractivity contribution is 5.93. The number of aliphatic hydroxyl groups is 1. The fourth-order valence-corrected chi connectivity index (χ4v) is 2.76. The number of amides is 1. The van der Waals surface area contributed by atoms with Gasteiger partial charge >= 0.3 is 0 Å². The number of carbonyl (C=O) groups excluding carboxylic acids is 1. The molecule has 1 aliphatic carbocycles. The van der Waals surface area contributed by atoms with Gasteiger partial charge in [-0.15, -0.1) is 0 Å². The van der Waals surface area contributed by atoms with Crippen molar-refractivity contribution in [3.05, 3.63) is 54.1 Å². The van der Waals surface area contributed by atoms with Crippen molar-refractivity contribution in [2.75, 3.05) is 5.32 Å². The number of rotatable bonds is 4. The summed E-state index contributed by atoms with van der Waals surface area (Å²) in [6.07, 6.45) is 5.48. The van der Waals surface area contributed by atoms with Crippen LogP contribution in [0.1, 0.15) is 18.4 Å². The van der Waals surface area contributed by atoms with E-state index in [0.29, 0.717) is 17.0 Å². The van der Waals surface area contributed by atoms with Crippen LogP contribution in [0.3, 0.4) is 0 Å². The van der Waals surface area contributed by atoms with Gasteiger partial charge in [-0.05, 0) is 53.8 Å². The number of halogens is 1. The van der Waals surface area contributed by atoms with Gasteiger partial charge in [0.05, 0.1) is 12.8 Å². The van der Waals surface area contributed by atoms with Crippen molar-refractivity contribution in [3.8, 4) is 11.1 Å². The average molecular weight is 325 g/mol. The third-order valence-electron chi connectivity index (χ3n) is 4.20. The van der Waals surface area contributed by atoms with Crippen molar-refractivity contribution >= 4 is 17.4 Å². The minimum Gasteiger partial charge on any atom is -0.392 e. The molecule has 24 heavy (non-hydrogen) atoms. The van der Waals surface area contributed by atoms with Gasteiger partial charge in [0.25, 0.3) is 0 Å². The number of nitrogens with one attached hydrogen (secondary N) is 1.